The fourth-order valence-electron chi connectivity index (χ4n) is 2.81. The first-order valence-electron chi connectivity index (χ1n) is 7.78. The van der Waals surface area contributed by atoms with Crippen molar-refractivity contribution in [2.45, 2.75) is 26.6 Å². The molecule has 136 valence electrons. The van der Waals surface area contributed by atoms with Crippen molar-refractivity contribution in [2.24, 2.45) is 0 Å². The molecule has 0 bridgehead atoms. The van der Waals surface area contributed by atoms with Crippen molar-refractivity contribution in [3.8, 4) is 11.4 Å². The normalized spacial score (nSPS) is 11.8. The number of nitrogens with zero attached hydrogens (tertiary/aromatic N) is 2. The highest BCUT2D eigenvalue weighted by Crippen LogP contribution is 2.35. The molecule has 26 heavy (non-hydrogen) atoms. The fourth-order valence-corrected chi connectivity index (χ4v) is 3.23. The van der Waals surface area contributed by atoms with Gasteiger partial charge in [0, 0.05) is 11.5 Å². The minimum absolute atomic E-state index is 0.133. The lowest BCUT2D eigenvalue weighted by molar-refractivity contribution is -0.274. The molecule has 3 rings (SSSR count). The lowest BCUT2D eigenvalue weighted by atomic mass is 10.1. The monoisotopic (exact) mass is 426 g/mol. The smallest absolute Gasteiger partial charge is 0.405 e. The number of hydrogen-bond acceptors (Lipinski definition) is 3. The molecule has 0 fully saturated rings. The SMILES string of the molecule is CCc1nc(=O)n(-c2ccccc2C)c2cc(OC(F)(F)F)c(Br)cc12. The van der Waals surface area contributed by atoms with Crippen molar-refractivity contribution in [3.05, 3.63) is 62.6 Å². The Kier molecular flexibility index (Phi) is 4.79. The predicted molar refractivity (Wildman–Crippen MR) is 95.8 cm³/mol. The molecule has 4 nitrogen and oxygen atoms in total. The summed E-state index contributed by atoms with van der Waals surface area (Å²) in [5.74, 6) is -0.417. The lowest BCUT2D eigenvalue weighted by Crippen LogP contribution is -2.24. The molecule has 0 saturated carbocycles. The van der Waals surface area contributed by atoms with Gasteiger partial charge < -0.3 is 4.74 Å². The van der Waals surface area contributed by atoms with Crippen molar-refractivity contribution in [1.29, 1.82) is 0 Å². The molecule has 1 aromatic heterocycles. The van der Waals surface area contributed by atoms with E-state index in [1.165, 1.54) is 16.7 Å². The summed E-state index contributed by atoms with van der Waals surface area (Å²) < 4.78 is 43.7. The molecule has 0 aliphatic carbocycles. The van der Waals surface area contributed by atoms with Gasteiger partial charge >= 0.3 is 12.1 Å². The zero-order valence-electron chi connectivity index (χ0n) is 13.9. The van der Waals surface area contributed by atoms with Crippen LogP contribution in [-0.4, -0.2) is 15.9 Å². The van der Waals surface area contributed by atoms with Crippen LogP contribution >= 0.6 is 15.9 Å². The molecule has 8 heteroatoms. The van der Waals surface area contributed by atoms with E-state index in [0.29, 0.717) is 28.7 Å². The molecular formula is C18H14BrF3N2O2. The highest BCUT2D eigenvalue weighted by atomic mass is 79.9. The molecule has 1 heterocycles. The summed E-state index contributed by atoms with van der Waals surface area (Å²) in [7, 11) is 0. The van der Waals surface area contributed by atoms with E-state index in [4.69, 9.17) is 0 Å². The predicted octanol–water partition coefficient (Wildman–Crippen LogP) is 4.92. The number of para-hydroxylation sites is 1. The standard InChI is InChI=1S/C18H14BrF3N2O2/c1-3-13-11-8-12(19)16(26-18(20,21)22)9-15(11)24(17(25)23-13)14-7-5-4-6-10(14)2/h4-9H,3H2,1-2H3. The number of rotatable bonds is 3. The molecule has 0 N–H and O–H groups in total. The Morgan fingerprint density at radius 1 is 1.23 bits per heavy atom. The van der Waals surface area contributed by atoms with Crippen LogP contribution in [0.4, 0.5) is 13.2 Å². The van der Waals surface area contributed by atoms with Gasteiger partial charge in [-0.15, -0.1) is 13.2 Å². The number of fused-ring (bicyclic) bond motifs is 1. The summed E-state index contributed by atoms with van der Waals surface area (Å²) in [5.41, 5.74) is 1.61. The van der Waals surface area contributed by atoms with E-state index in [-0.39, 0.29) is 4.47 Å². The summed E-state index contributed by atoms with van der Waals surface area (Å²) >= 11 is 3.11. The van der Waals surface area contributed by atoms with E-state index in [9.17, 15) is 18.0 Å². The zero-order chi connectivity index (χ0) is 19.1. The quantitative estimate of drug-likeness (QED) is 0.596. The fraction of sp³-hybridized carbons (Fsp3) is 0.222. The van der Waals surface area contributed by atoms with Gasteiger partial charge in [-0.2, -0.15) is 4.98 Å². The van der Waals surface area contributed by atoms with Gasteiger partial charge in [0.1, 0.15) is 5.75 Å². The van der Waals surface area contributed by atoms with Gasteiger partial charge in [0.25, 0.3) is 0 Å². The number of alkyl halides is 3. The van der Waals surface area contributed by atoms with E-state index < -0.39 is 17.8 Å². The molecule has 0 saturated heterocycles. The Morgan fingerprint density at radius 2 is 1.92 bits per heavy atom. The molecule has 3 aromatic rings. The maximum atomic E-state index is 12.7. The average molecular weight is 427 g/mol. The van der Waals surface area contributed by atoms with Crippen molar-refractivity contribution >= 4 is 26.8 Å². The molecule has 0 unspecified atom stereocenters. The number of ether oxygens (including phenoxy) is 1. The number of aryl methyl sites for hydroxylation is 2. The third kappa shape index (κ3) is 3.46. The van der Waals surface area contributed by atoms with Crippen LogP contribution in [-0.2, 0) is 6.42 Å². The Hall–Kier alpha value is -2.35. The van der Waals surface area contributed by atoms with Crippen molar-refractivity contribution in [1.82, 2.24) is 9.55 Å². The van der Waals surface area contributed by atoms with Crippen LogP contribution in [0.2, 0.25) is 0 Å². The Balaban J connectivity index is 2.41. The first-order valence-corrected chi connectivity index (χ1v) is 8.57. The summed E-state index contributed by atoms with van der Waals surface area (Å²) in [4.78, 5) is 16.7. The van der Waals surface area contributed by atoms with Gasteiger partial charge in [0.2, 0.25) is 0 Å². The Morgan fingerprint density at radius 3 is 2.54 bits per heavy atom. The topological polar surface area (TPSA) is 44.1 Å². The first-order chi connectivity index (χ1) is 12.2. The first kappa shape index (κ1) is 18.4. The summed E-state index contributed by atoms with van der Waals surface area (Å²) in [5, 5.41) is 0.580. The van der Waals surface area contributed by atoms with E-state index in [2.05, 4.69) is 25.7 Å². The van der Waals surface area contributed by atoms with Crippen LogP contribution in [0.3, 0.4) is 0 Å². The van der Waals surface area contributed by atoms with Crippen LogP contribution in [0, 0.1) is 6.92 Å². The average Bonchev–Trinajstić information content (AvgIpc) is 2.55. The van der Waals surface area contributed by atoms with Crippen molar-refractivity contribution in [2.75, 3.05) is 0 Å². The van der Waals surface area contributed by atoms with Gasteiger partial charge in [0.05, 0.1) is 21.4 Å². The largest absolute Gasteiger partial charge is 0.573 e. The third-order valence-electron chi connectivity index (χ3n) is 3.94. The van der Waals surface area contributed by atoms with Gasteiger partial charge in [-0.1, -0.05) is 25.1 Å². The Labute approximate surface area is 155 Å². The second kappa shape index (κ2) is 6.75. The molecule has 0 radical (unpaired) electrons. The molecule has 0 aliphatic rings. The summed E-state index contributed by atoms with van der Waals surface area (Å²) in [6.07, 6.45) is -4.38. The molecule has 0 atom stereocenters. The van der Waals surface area contributed by atoms with E-state index in [1.54, 1.807) is 12.1 Å². The zero-order valence-corrected chi connectivity index (χ0v) is 15.5. The number of halogens is 4. The van der Waals surface area contributed by atoms with Crippen LogP contribution < -0.4 is 10.4 Å². The Bertz CT molecular complexity index is 1050. The summed E-state index contributed by atoms with van der Waals surface area (Å²) in [6, 6.07) is 9.80. The van der Waals surface area contributed by atoms with E-state index in [0.717, 1.165) is 5.56 Å². The summed E-state index contributed by atoms with van der Waals surface area (Å²) in [6.45, 7) is 3.64. The minimum Gasteiger partial charge on any atom is -0.405 e. The third-order valence-corrected chi connectivity index (χ3v) is 4.56. The number of benzene rings is 2. The van der Waals surface area contributed by atoms with Crippen molar-refractivity contribution < 1.29 is 17.9 Å². The van der Waals surface area contributed by atoms with Gasteiger partial charge in [-0.05, 0) is 47.0 Å². The van der Waals surface area contributed by atoms with Crippen LogP contribution in [0.15, 0.2) is 45.7 Å². The molecule has 0 amide bonds. The number of hydrogen-bond donors (Lipinski definition) is 0. The van der Waals surface area contributed by atoms with Gasteiger partial charge in [-0.25, -0.2) is 4.79 Å². The molecule has 0 aliphatic heterocycles. The van der Waals surface area contributed by atoms with E-state index in [1.807, 2.05) is 26.0 Å². The van der Waals surface area contributed by atoms with Gasteiger partial charge in [0.15, 0.2) is 0 Å². The van der Waals surface area contributed by atoms with Crippen LogP contribution in [0.5, 0.6) is 5.75 Å². The maximum Gasteiger partial charge on any atom is 0.573 e. The highest BCUT2D eigenvalue weighted by Gasteiger charge is 2.32. The second-order valence-electron chi connectivity index (χ2n) is 5.66. The molecule has 0 spiro atoms. The van der Waals surface area contributed by atoms with Crippen LogP contribution in [0.1, 0.15) is 18.2 Å². The van der Waals surface area contributed by atoms with Gasteiger partial charge in [-0.3, -0.25) is 4.57 Å². The molecular weight excluding hydrogens is 413 g/mol. The second-order valence-corrected chi connectivity index (χ2v) is 6.52. The molecule has 2 aromatic carbocycles. The van der Waals surface area contributed by atoms with Crippen molar-refractivity contribution in [3.63, 3.8) is 0 Å². The lowest BCUT2D eigenvalue weighted by Gasteiger charge is -2.17. The minimum atomic E-state index is -4.84. The van der Waals surface area contributed by atoms with E-state index >= 15 is 0 Å². The van der Waals surface area contributed by atoms with Crippen LogP contribution in [0.25, 0.3) is 16.6 Å². The highest BCUT2D eigenvalue weighted by molar-refractivity contribution is 9.10. The maximum absolute atomic E-state index is 12.7. The number of aromatic nitrogens is 2.